The van der Waals surface area contributed by atoms with Crippen molar-refractivity contribution in [3.8, 4) is 5.75 Å². The Kier molecular flexibility index (Phi) is 6.67. The second-order valence-electron chi connectivity index (χ2n) is 9.19. The molecule has 1 aliphatic heterocycles. The van der Waals surface area contributed by atoms with Crippen LogP contribution in [0.3, 0.4) is 0 Å². The smallest absolute Gasteiger partial charge is 0.417 e. The number of benzene rings is 1. The minimum Gasteiger partial charge on any atom is -0.487 e. The SMILES string of the molecule is C[C@H]1[C@@H](c2ccc(F)c(F)c2OC2CCC2)[C@@H](C(=O)Nc2ccnc(C(N)=O)c2)O[C@]1(C)C(F)(F)F. The van der Waals surface area contributed by atoms with E-state index in [1.54, 1.807) is 0 Å². The van der Waals surface area contributed by atoms with E-state index < -0.39 is 65.0 Å². The molecule has 2 aliphatic rings. The third-order valence-corrected chi connectivity index (χ3v) is 6.98. The Labute approximate surface area is 203 Å². The normalized spacial score (nSPS) is 26.4. The van der Waals surface area contributed by atoms with E-state index in [1.807, 2.05) is 0 Å². The molecule has 1 aromatic carbocycles. The molecule has 36 heavy (non-hydrogen) atoms. The number of rotatable bonds is 6. The van der Waals surface area contributed by atoms with Crippen LogP contribution < -0.4 is 15.8 Å². The summed E-state index contributed by atoms with van der Waals surface area (Å²) in [5.41, 5.74) is 2.16. The van der Waals surface area contributed by atoms with Gasteiger partial charge >= 0.3 is 6.18 Å². The fourth-order valence-electron chi connectivity index (χ4n) is 4.46. The van der Waals surface area contributed by atoms with Crippen molar-refractivity contribution in [3.63, 3.8) is 0 Å². The van der Waals surface area contributed by atoms with Gasteiger partial charge in [0.05, 0.1) is 6.10 Å². The zero-order chi connectivity index (χ0) is 26.4. The summed E-state index contributed by atoms with van der Waals surface area (Å²) in [5, 5.41) is 2.41. The van der Waals surface area contributed by atoms with E-state index in [0.29, 0.717) is 12.8 Å². The monoisotopic (exact) mass is 513 g/mol. The van der Waals surface area contributed by atoms with Gasteiger partial charge in [0.25, 0.3) is 11.8 Å². The van der Waals surface area contributed by atoms with Gasteiger partial charge in [0, 0.05) is 29.3 Å². The van der Waals surface area contributed by atoms with Crippen molar-refractivity contribution in [3.05, 3.63) is 53.4 Å². The number of primary amides is 1. The number of amides is 2. The molecule has 2 fully saturated rings. The number of nitrogens with two attached hydrogens (primary N) is 1. The van der Waals surface area contributed by atoms with Gasteiger partial charge in [0.2, 0.25) is 5.82 Å². The Morgan fingerprint density at radius 2 is 1.92 bits per heavy atom. The highest BCUT2D eigenvalue weighted by molar-refractivity contribution is 5.97. The Bertz CT molecular complexity index is 1190. The highest BCUT2D eigenvalue weighted by atomic mass is 19.4. The molecule has 7 nitrogen and oxygen atoms in total. The first kappa shape index (κ1) is 25.8. The van der Waals surface area contributed by atoms with Crippen LogP contribution in [0.25, 0.3) is 0 Å². The molecule has 1 saturated heterocycles. The first-order valence-corrected chi connectivity index (χ1v) is 11.3. The average Bonchev–Trinajstić information content (AvgIpc) is 3.05. The lowest BCUT2D eigenvalue weighted by Crippen LogP contribution is -2.47. The van der Waals surface area contributed by atoms with Gasteiger partial charge in [-0.2, -0.15) is 17.6 Å². The lowest BCUT2D eigenvalue weighted by Gasteiger charge is -2.32. The fourth-order valence-corrected chi connectivity index (χ4v) is 4.46. The van der Waals surface area contributed by atoms with Crippen LogP contribution in [0.15, 0.2) is 30.5 Å². The molecule has 0 spiro atoms. The van der Waals surface area contributed by atoms with Gasteiger partial charge in [-0.3, -0.25) is 14.6 Å². The van der Waals surface area contributed by atoms with Crippen molar-refractivity contribution in [2.45, 2.75) is 63.0 Å². The highest BCUT2D eigenvalue weighted by Crippen LogP contribution is 2.55. The van der Waals surface area contributed by atoms with Crippen molar-refractivity contribution < 1.29 is 41.0 Å². The number of pyridine rings is 1. The maximum Gasteiger partial charge on any atom is 0.417 e. The molecule has 12 heteroatoms. The van der Waals surface area contributed by atoms with Gasteiger partial charge in [0.1, 0.15) is 11.8 Å². The maximum absolute atomic E-state index is 14.9. The lowest BCUT2D eigenvalue weighted by atomic mass is 9.76. The molecule has 1 saturated carbocycles. The minimum atomic E-state index is -4.89. The number of nitrogens with one attached hydrogen (secondary N) is 1. The molecule has 3 N–H and O–H groups in total. The van der Waals surface area contributed by atoms with E-state index in [1.165, 1.54) is 19.2 Å². The third-order valence-electron chi connectivity index (χ3n) is 6.98. The van der Waals surface area contributed by atoms with Crippen molar-refractivity contribution in [1.82, 2.24) is 4.98 Å². The van der Waals surface area contributed by atoms with Crippen LogP contribution in [0.5, 0.6) is 5.75 Å². The van der Waals surface area contributed by atoms with Gasteiger partial charge in [0.15, 0.2) is 17.2 Å². The van der Waals surface area contributed by atoms with Gasteiger partial charge < -0.3 is 20.5 Å². The van der Waals surface area contributed by atoms with E-state index in [-0.39, 0.29) is 16.9 Å². The van der Waals surface area contributed by atoms with Crippen LogP contribution >= 0.6 is 0 Å². The molecule has 2 amide bonds. The average molecular weight is 513 g/mol. The van der Waals surface area contributed by atoms with Crippen LogP contribution in [0.1, 0.15) is 55.1 Å². The molecule has 0 bridgehead atoms. The first-order valence-electron chi connectivity index (χ1n) is 11.3. The summed E-state index contributed by atoms with van der Waals surface area (Å²) in [6.45, 7) is 2.04. The van der Waals surface area contributed by atoms with Crippen LogP contribution in [0, 0.1) is 17.6 Å². The Morgan fingerprint density at radius 1 is 1.22 bits per heavy atom. The number of nitrogens with zero attached hydrogens (tertiary/aromatic N) is 1. The number of aromatic nitrogens is 1. The molecule has 1 aromatic heterocycles. The zero-order valence-electron chi connectivity index (χ0n) is 19.4. The van der Waals surface area contributed by atoms with Crippen LogP contribution in [0.4, 0.5) is 27.6 Å². The Hall–Kier alpha value is -3.28. The van der Waals surface area contributed by atoms with E-state index in [0.717, 1.165) is 31.5 Å². The molecule has 0 unspecified atom stereocenters. The van der Waals surface area contributed by atoms with E-state index in [2.05, 4.69) is 10.3 Å². The summed E-state index contributed by atoms with van der Waals surface area (Å²) in [5.74, 6) is -7.69. The van der Waals surface area contributed by atoms with Crippen molar-refractivity contribution in [2.24, 2.45) is 11.7 Å². The summed E-state index contributed by atoms with van der Waals surface area (Å²) in [6.07, 6.45) is -3.89. The number of ether oxygens (including phenoxy) is 2. The van der Waals surface area contributed by atoms with Crippen LogP contribution in [-0.4, -0.2) is 40.8 Å². The molecular formula is C24H24F5N3O4. The summed E-state index contributed by atoms with van der Waals surface area (Å²) in [6, 6.07) is 4.37. The lowest BCUT2D eigenvalue weighted by molar-refractivity contribution is -0.272. The molecule has 2 aromatic rings. The number of carbonyl (C=O) groups excluding carboxylic acids is 2. The van der Waals surface area contributed by atoms with E-state index in [4.69, 9.17) is 15.2 Å². The highest BCUT2D eigenvalue weighted by Gasteiger charge is 2.66. The Balaban J connectivity index is 1.76. The molecular weight excluding hydrogens is 489 g/mol. The van der Waals surface area contributed by atoms with Crippen molar-refractivity contribution >= 4 is 17.5 Å². The number of hydrogen-bond acceptors (Lipinski definition) is 5. The van der Waals surface area contributed by atoms with E-state index >= 15 is 0 Å². The van der Waals surface area contributed by atoms with Gasteiger partial charge in [-0.05, 0) is 44.4 Å². The van der Waals surface area contributed by atoms with Gasteiger partial charge in [-0.15, -0.1) is 0 Å². The molecule has 4 atom stereocenters. The van der Waals surface area contributed by atoms with Gasteiger partial charge in [-0.1, -0.05) is 13.0 Å². The largest absolute Gasteiger partial charge is 0.487 e. The van der Waals surface area contributed by atoms with Crippen LogP contribution in [0.2, 0.25) is 0 Å². The third kappa shape index (κ3) is 4.49. The number of hydrogen-bond donors (Lipinski definition) is 2. The second-order valence-corrected chi connectivity index (χ2v) is 9.19. The Morgan fingerprint density at radius 3 is 2.50 bits per heavy atom. The number of halogens is 5. The fraction of sp³-hybridized carbons (Fsp3) is 0.458. The predicted molar refractivity (Wildman–Crippen MR) is 117 cm³/mol. The number of anilines is 1. The molecule has 0 radical (unpaired) electrons. The minimum absolute atomic E-state index is 0.0376. The number of alkyl halides is 3. The second kappa shape index (κ2) is 9.30. The van der Waals surface area contributed by atoms with Crippen LogP contribution in [-0.2, 0) is 9.53 Å². The maximum atomic E-state index is 14.9. The summed E-state index contributed by atoms with van der Waals surface area (Å²) < 4.78 is 82.4. The number of carbonyl (C=O) groups is 2. The molecule has 2 heterocycles. The summed E-state index contributed by atoms with van der Waals surface area (Å²) >= 11 is 0. The standard InChI is InChI=1S/C24H24F5N3O4/c1-11-17(14-6-7-15(25)18(26)19(14)35-13-4-3-5-13)20(36-23(11,2)24(27,28)29)22(34)32-12-8-9-31-16(10-12)21(30)33/h6-11,13,17,20H,3-5H2,1-2H3,(H2,30,33)(H,31,32,34)/t11-,17-,20-,23-/m0/s1. The van der Waals surface area contributed by atoms with Crippen molar-refractivity contribution in [2.75, 3.05) is 5.32 Å². The molecule has 1 aliphatic carbocycles. The van der Waals surface area contributed by atoms with E-state index in [9.17, 15) is 31.5 Å². The molecule has 194 valence electrons. The predicted octanol–water partition coefficient (Wildman–Crippen LogP) is 4.47. The quantitative estimate of drug-likeness (QED) is 0.555. The first-order chi connectivity index (χ1) is 16.8. The zero-order valence-corrected chi connectivity index (χ0v) is 19.4. The van der Waals surface area contributed by atoms with Gasteiger partial charge in [-0.25, -0.2) is 4.39 Å². The topological polar surface area (TPSA) is 104 Å². The summed E-state index contributed by atoms with van der Waals surface area (Å²) in [7, 11) is 0. The summed E-state index contributed by atoms with van der Waals surface area (Å²) in [4.78, 5) is 28.4. The van der Waals surface area contributed by atoms with Crippen molar-refractivity contribution in [1.29, 1.82) is 0 Å². The molecule has 4 rings (SSSR count).